The number of ketones is 2. The lowest BCUT2D eigenvalue weighted by atomic mass is 9.58. The minimum Gasteiger partial charge on any atom is -0.508 e. The molecule has 10 heteroatoms. The van der Waals surface area contributed by atoms with E-state index in [9.17, 15) is 34.5 Å². The number of rotatable bonds is 3. The molecule has 170 valence electrons. The van der Waals surface area contributed by atoms with Crippen LogP contribution in [-0.4, -0.2) is 69.4 Å². The molecule has 1 aromatic carbocycles. The van der Waals surface area contributed by atoms with E-state index in [4.69, 9.17) is 10.5 Å². The Morgan fingerprint density at radius 2 is 1.88 bits per heavy atom. The van der Waals surface area contributed by atoms with Gasteiger partial charge in [-0.15, -0.1) is 0 Å². The third-order valence-corrected chi connectivity index (χ3v) is 7.09. The summed E-state index contributed by atoms with van der Waals surface area (Å²) in [6.07, 6.45) is -0.303. The number of nitrogens with two attached hydrogens (primary N) is 1. The number of hydrogen-bond donors (Lipinski definition) is 4. The zero-order chi connectivity index (χ0) is 23.7. The number of phenols is 1. The number of Topliss-reactive ketones (excluding diaryl/α,β-unsaturated/α-hetero) is 2. The van der Waals surface area contributed by atoms with Crippen LogP contribution in [0.25, 0.3) is 0 Å². The minimum absolute atomic E-state index is 0.00548. The monoisotopic (exact) mass is 444 g/mol. The Hall–Kier alpha value is -3.24. The number of benzene rings is 1. The molecule has 1 amide bonds. The van der Waals surface area contributed by atoms with Crippen molar-refractivity contribution in [1.29, 1.82) is 0 Å². The molecule has 5 N–H and O–H groups in total. The van der Waals surface area contributed by atoms with Crippen LogP contribution in [0.3, 0.4) is 0 Å². The maximum atomic E-state index is 13.3. The zero-order valence-electron chi connectivity index (χ0n) is 17.8. The number of nitrogens with zero attached hydrogens (tertiary/aromatic N) is 1. The maximum absolute atomic E-state index is 13.3. The molecule has 1 saturated carbocycles. The van der Waals surface area contributed by atoms with Gasteiger partial charge in [-0.1, -0.05) is 12.1 Å². The van der Waals surface area contributed by atoms with E-state index in [1.165, 1.54) is 11.0 Å². The molecule has 5 atom stereocenters. The number of ether oxygens (including phenoxy) is 1. The van der Waals surface area contributed by atoms with Gasteiger partial charge < -0.3 is 25.8 Å². The van der Waals surface area contributed by atoms with Crippen molar-refractivity contribution in [1.82, 2.24) is 4.90 Å². The summed E-state index contributed by atoms with van der Waals surface area (Å²) in [5.74, 6) is -6.68. The Morgan fingerprint density at radius 3 is 2.47 bits per heavy atom. The van der Waals surface area contributed by atoms with Crippen molar-refractivity contribution in [2.24, 2.45) is 17.6 Å². The van der Waals surface area contributed by atoms with Crippen molar-refractivity contribution in [3.8, 4) is 5.75 Å². The lowest BCUT2D eigenvalue weighted by Gasteiger charge is -2.50. The summed E-state index contributed by atoms with van der Waals surface area (Å²) in [6, 6.07) is 3.39. The number of carbonyl (C=O) groups excluding carboxylic acids is 4. The number of hydrogen-bond acceptors (Lipinski definition) is 9. The standard InChI is InChI=1S/C22H24N2O8/c1-21(10-5-4-6-12(25)14(10)20(30)32-21)9-7-11-16(24(2)3)17(27)15(19(23)29)18(28)22(11,31)13(26)8-9/h4-6,9,11,16,25,28,31H,7-8H2,1-3H3,(H2,23,29)/t9-,11?,16-,21-,22-/m0/s1. The number of primary amides is 1. The zero-order valence-corrected chi connectivity index (χ0v) is 17.8. The van der Waals surface area contributed by atoms with Crippen LogP contribution in [0.1, 0.15) is 35.7 Å². The third kappa shape index (κ3) is 2.66. The molecular weight excluding hydrogens is 420 g/mol. The van der Waals surface area contributed by atoms with Gasteiger partial charge in [-0.05, 0) is 33.5 Å². The van der Waals surface area contributed by atoms with Crippen LogP contribution in [0, 0.1) is 11.8 Å². The van der Waals surface area contributed by atoms with Gasteiger partial charge in [-0.25, -0.2) is 4.79 Å². The normalized spacial score (nSPS) is 34.4. The molecule has 0 spiro atoms. The van der Waals surface area contributed by atoms with Crippen molar-refractivity contribution in [3.63, 3.8) is 0 Å². The van der Waals surface area contributed by atoms with Crippen LogP contribution in [0.2, 0.25) is 0 Å². The summed E-state index contributed by atoms with van der Waals surface area (Å²) < 4.78 is 5.63. The first kappa shape index (κ1) is 22.0. The molecule has 1 aliphatic heterocycles. The summed E-state index contributed by atoms with van der Waals surface area (Å²) in [7, 11) is 3.09. The van der Waals surface area contributed by atoms with Gasteiger partial charge in [0.25, 0.3) is 5.91 Å². The van der Waals surface area contributed by atoms with Crippen molar-refractivity contribution in [2.45, 2.75) is 37.0 Å². The fourth-order valence-corrected chi connectivity index (χ4v) is 5.47. The number of aliphatic hydroxyl groups is 2. The number of aliphatic hydroxyl groups excluding tert-OH is 1. The summed E-state index contributed by atoms with van der Waals surface area (Å²) in [5, 5.41) is 32.1. The van der Waals surface area contributed by atoms with Crippen LogP contribution < -0.4 is 5.73 Å². The summed E-state index contributed by atoms with van der Waals surface area (Å²) in [4.78, 5) is 52.1. The van der Waals surface area contributed by atoms with Gasteiger partial charge in [-0.2, -0.15) is 0 Å². The summed E-state index contributed by atoms with van der Waals surface area (Å²) in [6.45, 7) is 1.61. The Bertz CT molecular complexity index is 1110. The lowest BCUT2D eigenvalue weighted by molar-refractivity contribution is -0.166. The largest absolute Gasteiger partial charge is 0.508 e. The molecule has 1 heterocycles. The van der Waals surface area contributed by atoms with E-state index in [2.05, 4.69) is 0 Å². The van der Waals surface area contributed by atoms with Gasteiger partial charge in [0.2, 0.25) is 0 Å². The number of likely N-dealkylation sites (N-methyl/N-ethyl adjacent to an activating group) is 1. The Kier molecular flexibility index (Phi) is 4.72. The first-order chi connectivity index (χ1) is 14.9. The highest BCUT2D eigenvalue weighted by Gasteiger charge is 2.64. The van der Waals surface area contributed by atoms with Gasteiger partial charge in [0.1, 0.15) is 28.2 Å². The van der Waals surface area contributed by atoms with Gasteiger partial charge in [0, 0.05) is 23.8 Å². The molecule has 0 saturated heterocycles. The molecule has 1 fully saturated rings. The average molecular weight is 444 g/mol. The third-order valence-electron chi connectivity index (χ3n) is 7.09. The first-order valence-electron chi connectivity index (χ1n) is 10.1. The molecule has 10 nitrogen and oxygen atoms in total. The second-order valence-electron chi connectivity index (χ2n) is 8.99. The smallest absolute Gasteiger partial charge is 0.343 e. The molecule has 2 aliphatic carbocycles. The minimum atomic E-state index is -2.48. The second kappa shape index (κ2) is 6.88. The van der Waals surface area contributed by atoms with Crippen LogP contribution in [0.5, 0.6) is 5.75 Å². The van der Waals surface area contributed by atoms with E-state index in [0.29, 0.717) is 5.56 Å². The van der Waals surface area contributed by atoms with E-state index in [1.54, 1.807) is 33.2 Å². The Labute approximate surface area is 183 Å². The van der Waals surface area contributed by atoms with Crippen molar-refractivity contribution < 1.29 is 39.2 Å². The SMILES string of the molecule is CN(C)[C@@H]1C(=O)C(C(N)=O)=C(O)[C@@]2(O)C(=O)C[C@@H]([C@]3(C)OC(=O)c4c(O)cccc43)CC12. The van der Waals surface area contributed by atoms with Crippen LogP contribution in [0.15, 0.2) is 29.5 Å². The quantitative estimate of drug-likeness (QED) is 0.368. The number of amides is 1. The number of esters is 1. The summed E-state index contributed by atoms with van der Waals surface area (Å²) in [5.41, 5.74) is 1.08. The van der Waals surface area contributed by atoms with Gasteiger partial charge in [0.05, 0.1) is 6.04 Å². The van der Waals surface area contributed by atoms with Crippen molar-refractivity contribution >= 4 is 23.4 Å². The topological polar surface area (TPSA) is 167 Å². The fourth-order valence-electron chi connectivity index (χ4n) is 5.47. The number of aromatic hydroxyl groups is 1. The van der Waals surface area contributed by atoms with Gasteiger partial charge in [0.15, 0.2) is 17.2 Å². The summed E-state index contributed by atoms with van der Waals surface area (Å²) >= 11 is 0. The highest BCUT2D eigenvalue weighted by atomic mass is 16.6. The molecule has 3 aliphatic rings. The maximum Gasteiger partial charge on any atom is 0.343 e. The van der Waals surface area contributed by atoms with Crippen molar-refractivity contribution in [2.75, 3.05) is 14.1 Å². The van der Waals surface area contributed by atoms with Gasteiger partial charge >= 0.3 is 5.97 Å². The predicted molar refractivity (Wildman–Crippen MR) is 108 cm³/mol. The number of fused-ring (bicyclic) bond motifs is 2. The molecule has 1 unspecified atom stereocenters. The number of carbonyl (C=O) groups is 4. The molecule has 32 heavy (non-hydrogen) atoms. The molecular formula is C22H24N2O8. The van der Waals surface area contributed by atoms with E-state index < -0.39 is 63.9 Å². The Morgan fingerprint density at radius 1 is 1.22 bits per heavy atom. The number of phenolic OH excluding ortho intramolecular Hbond substituents is 1. The molecule has 0 aromatic heterocycles. The van der Waals surface area contributed by atoms with Gasteiger partial charge in [-0.3, -0.25) is 19.3 Å². The van der Waals surface area contributed by atoms with Crippen LogP contribution in [-0.2, 0) is 24.7 Å². The second-order valence-corrected chi connectivity index (χ2v) is 8.99. The highest BCUT2D eigenvalue weighted by Crippen LogP contribution is 2.54. The van der Waals surface area contributed by atoms with E-state index >= 15 is 0 Å². The molecule has 4 rings (SSSR count). The predicted octanol–water partition coefficient (Wildman–Crippen LogP) is -0.0855. The lowest BCUT2D eigenvalue weighted by Crippen LogP contribution is -2.65. The van der Waals surface area contributed by atoms with Crippen molar-refractivity contribution in [3.05, 3.63) is 40.7 Å². The number of cyclic esters (lactones) is 1. The fraction of sp³-hybridized carbons (Fsp3) is 0.455. The molecule has 1 aromatic rings. The van der Waals surface area contributed by atoms with Crippen LogP contribution in [0.4, 0.5) is 0 Å². The Balaban J connectivity index is 1.84. The average Bonchev–Trinajstić information content (AvgIpc) is 2.96. The van der Waals surface area contributed by atoms with E-state index in [0.717, 1.165) is 0 Å². The first-order valence-corrected chi connectivity index (χ1v) is 10.1. The van der Waals surface area contributed by atoms with E-state index in [-0.39, 0.29) is 24.2 Å². The molecule has 0 radical (unpaired) electrons. The molecule has 0 bridgehead atoms. The highest BCUT2D eigenvalue weighted by molar-refractivity contribution is 6.23. The van der Waals surface area contributed by atoms with E-state index in [1.807, 2.05) is 0 Å². The van der Waals surface area contributed by atoms with Crippen LogP contribution >= 0.6 is 0 Å².